The summed E-state index contributed by atoms with van der Waals surface area (Å²) in [6, 6.07) is 0.562. The minimum atomic E-state index is -0.418. The Labute approximate surface area is 119 Å². The Balaban J connectivity index is 3.51. The van der Waals surface area contributed by atoms with E-state index in [2.05, 4.69) is 51.9 Å². The number of likely N-dealkylation sites (N-methyl/N-ethyl adjacent to an activating group) is 1. The quantitative estimate of drug-likeness (QED) is 0.563. The Morgan fingerprint density at radius 3 is 2.32 bits per heavy atom. The second kappa shape index (κ2) is 10.6. The smallest absolute Gasteiger partial charge is 0.0897 e. The molecule has 0 aromatic carbocycles. The van der Waals surface area contributed by atoms with E-state index in [4.69, 9.17) is 4.74 Å². The van der Waals surface area contributed by atoms with E-state index in [1.807, 2.05) is 0 Å². The van der Waals surface area contributed by atoms with E-state index in [0.29, 0.717) is 25.1 Å². The molecular weight excluding hydrogens is 240 g/mol. The van der Waals surface area contributed by atoms with Crippen LogP contribution in [0.2, 0.25) is 0 Å². The molecule has 0 aliphatic rings. The van der Waals surface area contributed by atoms with Crippen LogP contribution in [0.4, 0.5) is 0 Å². The van der Waals surface area contributed by atoms with Gasteiger partial charge in [0, 0.05) is 25.7 Å². The maximum absolute atomic E-state index is 9.81. The van der Waals surface area contributed by atoms with Crippen molar-refractivity contribution in [3.63, 3.8) is 0 Å². The van der Waals surface area contributed by atoms with Gasteiger partial charge in [0.05, 0.1) is 18.8 Å². The van der Waals surface area contributed by atoms with Crippen LogP contribution in [-0.4, -0.2) is 61.5 Å². The molecule has 0 rings (SSSR count). The molecule has 0 radical (unpaired) electrons. The van der Waals surface area contributed by atoms with Crippen molar-refractivity contribution in [2.45, 2.75) is 59.3 Å². The molecule has 0 aromatic heterocycles. The number of nitrogens with one attached hydrogen (secondary N) is 1. The molecule has 2 atom stereocenters. The van der Waals surface area contributed by atoms with E-state index >= 15 is 0 Å². The van der Waals surface area contributed by atoms with Crippen molar-refractivity contribution in [3.8, 4) is 0 Å². The molecule has 2 unspecified atom stereocenters. The van der Waals surface area contributed by atoms with Gasteiger partial charge >= 0.3 is 0 Å². The van der Waals surface area contributed by atoms with Crippen LogP contribution >= 0.6 is 0 Å². The number of hydrogen-bond donors (Lipinski definition) is 2. The predicted molar refractivity (Wildman–Crippen MR) is 81.5 cm³/mol. The zero-order valence-corrected chi connectivity index (χ0v) is 13.6. The zero-order chi connectivity index (χ0) is 14.8. The van der Waals surface area contributed by atoms with Crippen LogP contribution in [0.3, 0.4) is 0 Å². The van der Waals surface area contributed by atoms with Crippen molar-refractivity contribution < 1.29 is 9.84 Å². The largest absolute Gasteiger partial charge is 0.389 e. The summed E-state index contributed by atoms with van der Waals surface area (Å²) in [5, 5.41) is 13.1. The zero-order valence-electron chi connectivity index (χ0n) is 13.6. The number of nitrogens with zero attached hydrogens (tertiary/aromatic N) is 1. The van der Waals surface area contributed by atoms with Crippen molar-refractivity contribution in [1.29, 1.82) is 0 Å². The molecule has 0 fully saturated rings. The van der Waals surface area contributed by atoms with E-state index < -0.39 is 6.10 Å². The van der Waals surface area contributed by atoms with Crippen LogP contribution in [0.1, 0.15) is 41.0 Å². The van der Waals surface area contributed by atoms with Gasteiger partial charge in [0.1, 0.15) is 0 Å². The van der Waals surface area contributed by atoms with Crippen LogP contribution in [0.5, 0.6) is 0 Å². The summed E-state index contributed by atoms with van der Waals surface area (Å²) in [5.41, 5.74) is 0. The molecule has 4 heteroatoms. The number of aliphatic hydroxyl groups excluding tert-OH is 1. The Hall–Kier alpha value is -0.160. The second-order valence-corrected chi connectivity index (χ2v) is 6.21. The van der Waals surface area contributed by atoms with Crippen molar-refractivity contribution in [3.05, 3.63) is 0 Å². The fourth-order valence-electron chi connectivity index (χ4n) is 1.85. The Morgan fingerprint density at radius 2 is 1.79 bits per heavy atom. The minimum absolute atomic E-state index is 0.224. The van der Waals surface area contributed by atoms with E-state index in [1.165, 1.54) is 0 Å². The first kappa shape index (κ1) is 18.8. The molecule has 116 valence electrons. The summed E-state index contributed by atoms with van der Waals surface area (Å²) in [4.78, 5) is 2.28. The lowest BCUT2D eigenvalue weighted by atomic mass is 10.1. The average Bonchev–Trinajstić information content (AvgIpc) is 2.30. The fraction of sp³-hybridized carbons (Fsp3) is 1.00. The number of aliphatic hydroxyl groups is 1. The molecular formula is C15H34N2O2. The lowest BCUT2D eigenvalue weighted by Crippen LogP contribution is -2.38. The molecule has 0 aromatic rings. The summed E-state index contributed by atoms with van der Waals surface area (Å²) in [6.07, 6.45) is 0.847. The van der Waals surface area contributed by atoms with Crippen LogP contribution in [0, 0.1) is 5.92 Å². The highest BCUT2D eigenvalue weighted by Crippen LogP contribution is 2.07. The van der Waals surface area contributed by atoms with Gasteiger partial charge in [-0.25, -0.2) is 0 Å². The number of rotatable bonds is 11. The van der Waals surface area contributed by atoms with Crippen molar-refractivity contribution >= 4 is 0 Å². The van der Waals surface area contributed by atoms with E-state index in [0.717, 1.165) is 19.5 Å². The average molecular weight is 274 g/mol. The normalized spacial score (nSPS) is 15.5. The highest BCUT2D eigenvalue weighted by atomic mass is 16.5. The third kappa shape index (κ3) is 11.4. The number of hydrogen-bond acceptors (Lipinski definition) is 4. The summed E-state index contributed by atoms with van der Waals surface area (Å²) in [6.45, 7) is 13.7. The van der Waals surface area contributed by atoms with Crippen molar-refractivity contribution in [2.24, 2.45) is 5.92 Å². The monoisotopic (exact) mass is 274 g/mol. The maximum atomic E-state index is 9.81. The first-order valence-corrected chi connectivity index (χ1v) is 7.53. The summed E-state index contributed by atoms with van der Waals surface area (Å²) in [7, 11) is 2.11. The van der Waals surface area contributed by atoms with Gasteiger partial charge in [-0.3, -0.25) is 0 Å². The van der Waals surface area contributed by atoms with E-state index in [1.54, 1.807) is 0 Å². The lowest BCUT2D eigenvalue weighted by molar-refractivity contribution is -0.00855. The molecule has 0 saturated carbocycles. The lowest BCUT2D eigenvalue weighted by Gasteiger charge is -2.22. The standard InChI is InChI=1S/C15H34N2O2/c1-12(2)9-14(5)19-11-15(18)10-16-7-8-17(6)13(3)4/h12-16,18H,7-11H2,1-6H3. The molecule has 0 aliphatic heterocycles. The van der Waals surface area contributed by atoms with Crippen molar-refractivity contribution in [1.82, 2.24) is 10.2 Å². The van der Waals surface area contributed by atoms with Crippen LogP contribution in [0.15, 0.2) is 0 Å². The van der Waals surface area contributed by atoms with E-state index in [-0.39, 0.29) is 6.10 Å². The molecule has 19 heavy (non-hydrogen) atoms. The SMILES string of the molecule is CC(C)CC(C)OCC(O)CNCCN(C)C(C)C. The molecule has 0 aliphatic carbocycles. The molecule has 4 nitrogen and oxygen atoms in total. The van der Waals surface area contributed by atoms with Gasteiger partial charge in [0.2, 0.25) is 0 Å². The van der Waals surface area contributed by atoms with Crippen molar-refractivity contribution in [2.75, 3.05) is 33.3 Å². The molecule has 0 bridgehead atoms. The predicted octanol–water partition coefficient (Wildman–Crippen LogP) is 1.73. The van der Waals surface area contributed by atoms with Gasteiger partial charge in [-0.2, -0.15) is 0 Å². The highest BCUT2D eigenvalue weighted by Gasteiger charge is 2.09. The Kier molecular flexibility index (Phi) is 10.5. The molecule has 0 amide bonds. The molecule has 0 heterocycles. The molecule has 2 N–H and O–H groups in total. The Bertz CT molecular complexity index is 210. The van der Waals surface area contributed by atoms with Crippen LogP contribution < -0.4 is 5.32 Å². The second-order valence-electron chi connectivity index (χ2n) is 6.21. The van der Waals surface area contributed by atoms with Gasteiger partial charge in [-0.05, 0) is 40.2 Å². The fourth-order valence-corrected chi connectivity index (χ4v) is 1.85. The first-order chi connectivity index (χ1) is 8.82. The van der Waals surface area contributed by atoms with E-state index in [9.17, 15) is 5.11 Å². The highest BCUT2D eigenvalue weighted by molar-refractivity contribution is 4.63. The topological polar surface area (TPSA) is 44.7 Å². The summed E-state index contributed by atoms with van der Waals surface area (Å²) < 4.78 is 5.63. The van der Waals surface area contributed by atoms with Gasteiger partial charge in [0.15, 0.2) is 0 Å². The first-order valence-electron chi connectivity index (χ1n) is 7.53. The van der Waals surface area contributed by atoms with Crippen LogP contribution in [-0.2, 0) is 4.74 Å². The molecule has 0 saturated heterocycles. The molecule has 0 spiro atoms. The summed E-state index contributed by atoms with van der Waals surface area (Å²) in [5.74, 6) is 0.636. The van der Waals surface area contributed by atoms with Gasteiger partial charge in [0.25, 0.3) is 0 Å². The third-order valence-corrected chi connectivity index (χ3v) is 3.28. The maximum Gasteiger partial charge on any atom is 0.0897 e. The Morgan fingerprint density at radius 1 is 1.16 bits per heavy atom. The minimum Gasteiger partial charge on any atom is -0.389 e. The third-order valence-electron chi connectivity index (χ3n) is 3.28. The van der Waals surface area contributed by atoms with Crippen LogP contribution in [0.25, 0.3) is 0 Å². The number of ether oxygens (including phenoxy) is 1. The van der Waals surface area contributed by atoms with Gasteiger partial charge < -0.3 is 20.1 Å². The van der Waals surface area contributed by atoms with Gasteiger partial charge in [-0.1, -0.05) is 13.8 Å². The summed E-state index contributed by atoms with van der Waals surface area (Å²) >= 11 is 0. The van der Waals surface area contributed by atoms with Gasteiger partial charge in [-0.15, -0.1) is 0 Å².